The molecule has 2 aromatic rings. The molecule has 0 N–H and O–H groups in total. The van der Waals surface area contributed by atoms with E-state index in [4.69, 9.17) is 0 Å². The molecule has 0 unspecified atom stereocenters. The van der Waals surface area contributed by atoms with Gasteiger partial charge in [0, 0.05) is 19.8 Å². The van der Waals surface area contributed by atoms with Gasteiger partial charge in [-0.15, -0.1) is 0 Å². The highest BCUT2D eigenvalue weighted by Gasteiger charge is 2.15. The van der Waals surface area contributed by atoms with E-state index in [9.17, 15) is 4.79 Å². The van der Waals surface area contributed by atoms with E-state index >= 15 is 0 Å². The summed E-state index contributed by atoms with van der Waals surface area (Å²) in [7, 11) is 1.97. The number of carbonyl (C=O) groups excluding carboxylic acids is 1. The zero-order chi connectivity index (χ0) is 12.4. The van der Waals surface area contributed by atoms with E-state index in [0.717, 1.165) is 24.3 Å². The second kappa shape index (κ2) is 4.57. The Hall–Kier alpha value is -1.84. The first-order valence-electron chi connectivity index (χ1n) is 5.77. The number of aldehydes is 1. The van der Waals surface area contributed by atoms with Crippen molar-refractivity contribution in [3.8, 4) is 0 Å². The Balaban J connectivity index is 2.49. The highest BCUT2D eigenvalue weighted by atomic mass is 16.1. The van der Waals surface area contributed by atoms with Gasteiger partial charge < -0.3 is 4.90 Å². The minimum Gasteiger partial charge on any atom is -0.358 e. The minimum atomic E-state index is 0.532. The lowest BCUT2D eigenvalue weighted by molar-refractivity contribution is 0.111. The number of nitrogens with zero attached hydrogens (tertiary/aromatic N) is 3. The molecule has 2 aromatic heterocycles. The standard InChI is InChI=1S/C13H17N3O/c1-10(2)8-15(3)13-11(9-17)16-7-5-4-6-12(16)14-13/h4-7,9-10H,8H2,1-3H3. The summed E-state index contributed by atoms with van der Waals surface area (Å²) >= 11 is 0. The van der Waals surface area contributed by atoms with Crippen molar-refractivity contribution < 1.29 is 4.79 Å². The molecule has 0 spiro atoms. The number of hydrogen-bond acceptors (Lipinski definition) is 3. The fourth-order valence-electron chi connectivity index (χ4n) is 2.03. The summed E-state index contributed by atoms with van der Waals surface area (Å²) in [4.78, 5) is 17.7. The summed E-state index contributed by atoms with van der Waals surface area (Å²) in [5.74, 6) is 1.28. The summed E-state index contributed by atoms with van der Waals surface area (Å²) in [6, 6.07) is 5.72. The number of carbonyl (C=O) groups is 1. The van der Waals surface area contributed by atoms with Gasteiger partial charge in [0.1, 0.15) is 11.3 Å². The van der Waals surface area contributed by atoms with Crippen molar-refractivity contribution in [2.24, 2.45) is 5.92 Å². The fourth-order valence-corrected chi connectivity index (χ4v) is 2.03. The average molecular weight is 231 g/mol. The van der Waals surface area contributed by atoms with Crippen LogP contribution in [0.15, 0.2) is 24.4 Å². The number of anilines is 1. The van der Waals surface area contributed by atoms with E-state index in [1.165, 1.54) is 0 Å². The second-order valence-corrected chi connectivity index (χ2v) is 4.64. The highest BCUT2D eigenvalue weighted by Crippen LogP contribution is 2.19. The molecular formula is C13H17N3O. The topological polar surface area (TPSA) is 37.6 Å². The van der Waals surface area contributed by atoms with E-state index in [1.807, 2.05) is 40.7 Å². The van der Waals surface area contributed by atoms with Gasteiger partial charge in [0.05, 0.1) is 0 Å². The fraction of sp³-hybridized carbons (Fsp3) is 0.385. The van der Waals surface area contributed by atoms with Crippen LogP contribution >= 0.6 is 0 Å². The maximum absolute atomic E-state index is 11.2. The number of imidazole rings is 1. The highest BCUT2D eigenvalue weighted by molar-refractivity contribution is 5.83. The third kappa shape index (κ3) is 2.16. The quantitative estimate of drug-likeness (QED) is 0.757. The molecule has 0 amide bonds. The maximum atomic E-state index is 11.2. The molecule has 2 rings (SSSR count). The molecule has 90 valence electrons. The Bertz CT molecular complexity index is 530. The van der Waals surface area contributed by atoms with Crippen LogP contribution in [0.4, 0.5) is 5.82 Å². The SMILES string of the molecule is CC(C)CN(C)c1nc2ccccn2c1C=O. The lowest BCUT2D eigenvalue weighted by atomic mass is 10.2. The number of hydrogen-bond donors (Lipinski definition) is 0. The molecule has 0 fully saturated rings. The molecule has 17 heavy (non-hydrogen) atoms. The van der Waals surface area contributed by atoms with E-state index in [-0.39, 0.29) is 0 Å². The lowest BCUT2D eigenvalue weighted by Gasteiger charge is -2.19. The van der Waals surface area contributed by atoms with Gasteiger partial charge in [0.15, 0.2) is 12.1 Å². The Labute approximate surface area is 101 Å². The van der Waals surface area contributed by atoms with E-state index in [0.29, 0.717) is 11.6 Å². The summed E-state index contributed by atoms with van der Waals surface area (Å²) in [5, 5.41) is 0. The molecule has 0 aromatic carbocycles. The molecule has 0 aliphatic heterocycles. The van der Waals surface area contributed by atoms with Gasteiger partial charge in [0.2, 0.25) is 0 Å². The molecule has 0 saturated carbocycles. The third-order valence-corrected chi connectivity index (χ3v) is 2.66. The van der Waals surface area contributed by atoms with Crippen molar-refractivity contribution >= 4 is 17.8 Å². The van der Waals surface area contributed by atoms with Crippen LogP contribution in [-0.4, -0.2) is 29.3 Å². The van der Waals surface area contributed by atoms with Crippen LogP contribution in [0.1, 0.15) is 24.3 Å². The predicted molar refractivity (Wildman–Crippen MR) is 68.7 cm³/mol. The van der Waals surface area contributed by atoms with Crippen molar-refractivity contribution in [2.45, 2.75) is 13.8 Å². The van der Waals surface area contributed by atoms with Crippen LogP contribution in [0.5, 0.6) is 0 Å². The van der Waals surface area contributed by atoms with Gasteiger partial charge >= 0.3 is 0 Å². The van der Waals surface area contributed by atoms with Crippen LogP contribution in [0.25, 0.3) is 5.65 Å². The monoisotopic (exact) mass is 231 g/mol. The second-order valence-electron chi connectivity index (χ2n) is 4.64. The molecule has 4 nitrogen and oxygen atoms in total. The summed E-state index contributed by atoms with van der Waals surface area (Å²) in [5.41, 5.74) is 1.42. The van der Waals surface area contributed by atoms with Crippen LogP contribution in [0.2, 0.25) is 0 Å². The van der Waals surface area contributed by atoms with Gasteiger partial charge in [-0.2, -0.15) is 0 Å². The molecule has 0 atom stereocenters. The van der Waals surface area contributed by atoms with Crippen LogP contribution in [-0.2, 0) is 0 Å². The normalized spacial score (nSPS) is 11.1. The van der Waals surface area contributed by atoms with E-state index < -0.39 is 0 Å². The van der Waals surface area contributed by atoms with Gasteiger partial charge in [-0.05, 0) is 18.1 Å². The van der Waals surface area contributed by atoms with E-state index in [2.05, 4.69) is 18.8 Å². The van der Waals surface area contributed by atoms with Gasteiger partial charge in [0.25, 0.3) is 0 Å². The van der Waals surface area contributed by atoms with Crippen LogP contribution in [0.3, 0.4) is 0 Å². The molecule has 0 aliphatic rings. The Kier molecular flexibility index (Phi) is 3.13. The summed E-state index contributed by atoms with van der Waals surface area (Å²) in [6.45, 7) is 5.17. The van der Waals surface area contributed by atoms with Crippen molar-refractivity contribution in [2.75, 3.05) is 18.5 Å². The van der Waals surface area contributed by atoms with Crippen LogP contribution < -0.4 is 4.90 Å². The molecule has 0 aliphatic carbocycles. The van der Waals surface area contributed by atoms with Crippen molar-refractivity contribution in [3.63, 3.8) is 0 Å². The average Bonchev–Trinajstić information content (AvgIpc) is 2.66. The number of aromatic nitrogens is 2. The zero-order valence-electron chi connectivity index (χ0n) is 10.4. The first-order chi connectivity index (χ1) is 8.13. The first kappa shape index (κ1) is 11.6. The molecule has 4 heteroatoms. The lowest BCUT2D eigenvalue weighted by Crippen LogP contribution is -2.23. The smallest absolute Gasteiger partial charge is 0.170 e. The third-order valence-electron chi connectivity index (χ3n) is 2.66. The van der Waals surface area contributed by atoms with Crippen LogP contribution in [0, 0.1) is 5.92 Å². The van der Waals surface area contributed by atoms with Crippen molar-refractivity contribution in [1.82, 2.24) is 9.38 Å². The van der Waals surface area contributed by atoms with Gasteiger partial charge in [-0.1, -0.05) is 19.9 Å². The Morgan fingerprint density at radius 2 is 2.24 bits per heavy atom. The Morgan fingerprint density at radius 3 is 2.88 bits per heavy atom. The first-order valence-corrected chi connectivity index (χ1v) is 5.77. The summed E-state index contributed by atoms with van der Waals surface area (Å²) in [6.07, 6.45) is 2.73. The number of fused-ring (bicyclic) bond motifs is 1. The zero-order valence-corrected chi connectivity index (χ0v) is 10.4. The molecule has 0 bridgehead atoms. The number of rotatable bonds is 4. The van der Waals surface area contributed by atoms with E-state index in [1.54, 1.807) is 0 Å². The molecule has 0 saturated heterocycles. The largest absolute Gasteiger partial charge is 0.358 e. The predicted octanol–water partition coefficient (Wildman–Crippen LogP) is 2.24. The van der Waals surface area contributed by atoms with Crippen molar-refractivity contribution in [1.29, 1.82) is 0 Å². The molecular weight excluding hydrogens is 214 g/mol. The maximum Gasteiger partial charge on any atom is 0.170 e. The summed E-state index contributed by atoms with van der Waals surface area (Å²) < 4.78 is 1.82. The molecule has 2 heterocycles. The minimum absolute atomic E-state index is 0.532. The number of pyridine rings is 1. The van der Waals surface area contributed by atoms with Gasteiger partial charge in [-0.25, -0.2) is 4.98 Å². The van der Waals surface area contributed by atoms with Crippen molar-refractivity contribution in [3.05, 3.63) is 30.1 Å². The van der Waals surface area contributed by atoms with Gasteiger partial charge in [-0.3, -0.25) is 9.20 Å². The Morgan fingerprint density at radius 1 is 1.47 bits per heavy atom. The molecule has 0 radical (unpaired) electrons.